The van der Waals surface area contributed by atoms with Gasteiger partial charge in [0.1, 0.15) is 0 Å². The maximum Gasteiger partial charge on any atom is 0.213 e. The molecule has 1 heterocycles. The van der Waals surface area contributed by atoms with Crippen molar-refractivity contribution < 1.29 is 17.9 Å². The third-order valence-corrected chi connectivity index (χ3v) is 6.69. The molecule has 0 aromatic carbocycles. The molecule has 0 bridgehead atoms. The van der Waals surface area contributed by atoms with Crippen LogP contribution in [0.3, 0.4) is 0 Å². The summed E-state index contributed by atoms with van der Waals surface area (Å²) in [6.07, 6.45) is 6.61. The average Bonchev–Trinajstić information content (AvgIpc) is 2.64. The van der Waals surface area contributed by atoms with E-state index in [1.165, 1.54) is 6.42 Å². The average molecular weight is 419 g/mol. The molecule has 0 atom stereocenters. The molecule has 1 saturated carbocycles. The highest BCUT2D eigenvalue weighted by molar-refractivity contribution is 7.89. The number of likely N-dealkylation sites (tertiary alicyclic amines) is 1. The maximum atomic E-state index is 12.1. The van der Waals surface area contributed by atoms with Crippen LogP contribution in [0.25, 0.3) is 0 Å². The molecular weight excluding hydrogens is 380 g/mol. The fourth-order valence-electron chi connectivity index (χ4n) is 3.40. The molecule has 0 unspecified atom stereocenters. The number of methoxy groups -OCH3 is 1. The molecule has 1 aliphatic carbocycles. The van der Waals surface area contributed by atoms with Crippen LogP contribution in [0.15, 0.2) is 4.99 Å². The van der Waals surface area contributed by atoms with Crippen LogP contribution in [0, 0.1) is 5.92 Å². The Bertz CT molecular complexity index is 558. The van der Waals surface area contributed by atoms with E-state index < -0.39 is 10.0 Å². The molecule has 8 nitrogen and oxygen atoms in total. The predicted molar refractivity (Wildman–Crippen MR) is 112 cm³/mol. The first-order valence-corrected chi connectivity index (χ1v) is 12.3. The van der Waals surface area contributed by atoms with Crippen molar-refractivity contribution in [1.29, 1.82) is 0 Å². The Morgan fingerprint density at radius 3 is 2.54 bits per heavy atom. The van der Waals surface area contributed by atoms with Crippen LogP contribution in [-0.2, 0) is 19.5 Å². The zero-order valence-electron chi connectivity index (χ0n) is 17.5. The molecule has 2 rings (SSSR count). The van der Waals surface area contributed by atoms with Crippen LogP contribution in [0.1, 0.15) is 45.4 Å². The Morgan fingerprint density at radius 2 is 1.93 bits per heavy atom. The van der Waals surface area contributed by atoms with Gasteiger partial charge < -0.3 is 19.7 Å². The van der Waals surface area contributed by atoms with Gasteiger partial charge in [-0.1, -0.05) is 6.42 Å². The normalized spacial score (nSPS) is 19.6. The predicted octanol–water partition coefficient (Wildman–Crippen LogP) is 1.19. The molecule has 0 aromatic heterocycles. The number of aliphatic imine (C=N–C) groups is 1. The van der Waals surface area contributed by atoms with E-state index in [9.17, 15) is 8.42 Å². The number of hydrogen-bond acceptors (Lipinski definition) is 5. The molecule has 28 heavy (non-hydrogen) atoms. The van der Waals surface area contributed by atoms with Gasteiger partial charge in [0.25, 0.3) is 0 Å². The lowest BCUT2D eigenvalue weighted by Gasteiger charge is -2.34. The largest absolute Gasteiger partial charge is 0.385 e. The first kappa shape index (κ1) is 23.4. The quantitative estimate of drug-likeness (QED) is 0.281. The number of hydrogen-bond donors (Lipinski definition) is 2. The minimum absolute atomic E-state index is 0.0354. The van der Waals surface area contributed by atoms with E-state index in [2.05, 4.69) is 19.9 Å². The second-order valence-corrected chi connectivity index (χ2v) is 9.53. The van der Waals surface area contributed by atoms with E-state index in [1.54, 1.807) is 7.11 Å². The summed E-state index contributed by atoms with van der Waals surface area (Å²) in [5.41, 5.74) is 0. The number of rotatable bonds is 12. The first-order chi connectivity index (χ1) is 13.5. The van der Waals surface area contributed by atoms with Crippen LogP contribution in [0.4, 0.5) is 0 Å². The topological polar surface area (TPSA) is 92.3 Å². The van der Waals surface area contributed by atoms with Crippen LogP contribution >= 0.6 is 0 Å². The monoisotopic (exact) mass is 418 g/mol. The highest BCUT2D eigenvalue weighted by Gasteiger charge is 2.23. The standard InChI is InChI=1S/C19H38N4O4S/c1-3-20-19(21-10-15-28(24,25)22-16-17-6-4-7-17)23-11-8-18(9-12-23)27-14-5-13-26-2/h17-18,22H,3-16H2,1-2H3,(H,20,21). The number of guanidine groups is 1. The number of nitrogens with one attached hydrogen (secondary N) is 2. The zero-order valence-corrected chi connectivity index (χ0v) is 18.3. The molecule has 0 amide bonds. The van der Waals surface area contributed by atoms with Gasteiger partial charge >= 0.3 is 0 Å². The lowest BCUT2D eigenvalue weighted by atomic mass is 9.86. The van der Waals surface area contributed by atoms with Gasteiger partial charge in [-0.2, -0.15) is 0 Å². The van der Waals surface area contributed by atoms with Crippen LogP contribution in [-0.4, -0.2) is 84.2 Å². The third kappa shape index (κ3) is 8.63. The molecule has 0 spiro atoms. The highest BCUT2D eigenvalue weighted by atomic mass is 32.2. The summed E-state index contributed by atoms with van der Waals surface area (Å²) in [6.45, 7) is 6.84. The van der Waals surface area contributed by atoms with Gasteiger partial charge in [-0.3, -0.25) is 4.99 Å². The van der Waals surface area contributed by atoms with Crippen molar-refractivity contribution in [2.75, 3.05) is 58.8 Å². The Balaban J connectivity index is 1.72. The number of piperidine rings is 1. The molecule has 1 aliphatic heterocycles. The second kappa shape index (κ2) is 12.6. The summed E-state index contributed by atoms with van der Waals surface area (Å²) in [7, 11) is -1.55. The second-order valence-electron chi connectivity index (χ2n) is 7.60. The fraction of sp³-hybridized carbons (Fsp3) is 0.947. The fourth-order valence-corrected chi connectivity index (χ4v) is 4.36. The minimum atomic E-state index is -3.25. The number of ether oxygens (including phenoxy) is 2. The van der Waals surface area contributed by atoms with Gasteiger partial charge in [0.05, 0.1) is 18.4 Å². The zero-order chi connectivity index (χ0) is 20.2. The summed E-state index contributed by atoms with van der Waals surface area (Å²) < 4.78 is 38.0. The van der Waals surface area contributed by atoms with Crippen molar-refractivity contribution in [3.05, 3.63) is 0 Å². The summed E-state index contributed by atoms with van der Waals surface area (Å²) in [5, 5.41) is 3.29. The molecule has 1 saturated heterocycles. The van der Waals surface area contributed by atoms with Crippen molar-refractivity contribution in [1.82, 2.24) is 14.9 Å². The van der Waals surface area contributed by atoms with Gasteiger partial charge in [-0.25, -0.2) is 13.1 Å². The SMILES string of the molecule is CCNC(=NCCS(=O)(=O)NCC1CCC1)N1CCC(OCCCOC)CC1. The molecule has 164 valence electrons. The van der Waals surface area contributed by atoms with Gasteiger partial charge in [-0.15, -0.1) is 0 Å². The molecule has 0 radical (unpaired) electrons. The smallest absolute Gasteiger partial charge is 0.213 e. The summed E-state index contributed by atoms with van der Waals surface area (Å²) in [6, 6.07) is 0. The van der Waals surface area contributed by atoms with E-state index >= 15 is 0 Å². The molecule has 2 aliphatic rings. The molecular formula is C19H38N4O4S. The Hall–Kier alpha value is -0.900. The van der Waals surface area contributed by atoms with Crippen LogP contribution in [0.2, 0.25) is 0 Å². The summed E-state index contributed by atoms with van der Waals surface area (Å²) in [5.74, 6) is 1.36. The van der Waals surface area contributed by atoms with Gasteiger partial charge in [0.2, 0.25) is 10.0 Å². The highest BCUT2D eigenvalue weighted by Crippen LogP contribution is 2.25. The van der Waals surface area contributed by atoms with Crippen LogP contribution < -0.4 is 10.0 Å². The Labute approximate surface area is 170 Å². The van der Waals surface area contributed by atoms with E-state index in [0.29, 0.717) is 12.5 Å². The van der Waals surface area contributed by atoms with Gasteiger partial charge in [0.15, 0.2) is 5.96 Å². The first-order valence-electron chi connectivity index (χ1n) is 10.6. The van der Waals surface area contributed by atoms with Crippen molar-refractivity contribution >= 4 is 16.0 Å². The van der Waals surface area contributed by atoms with Crippen molar-refractivity contribution in [3.63, 3.8) is 0 Å². The molecule has 2 fully saturated rings. The van der Waals surface area contributed by atoms with Crippen molar-refractivity contribution in [2.45, 2.75) is 51.6 Å². The summed E-state index contributed by atoms with van der Waals surface area (Å²) in [4.78, 5) is 6.75. The van der Waals surface area contributed by atoms with E-state index in [1.807, 2.05) is 6.92 Å². The van der Waals surface area contributed by atoms with Gasteiger partial charge in [0, 0.05) is 46.5 Å². The number of sulfonamides is 1. The Kier molecular flexibility index (Phi) is 10.5. The molecule has 9 heteroatoms. The molecule has 0 aromatic rings. The van der Waals surface area contributed by atoms with Gasteiger partial charge in [-0.05, 0) is 44.9 Å². The van der Waals surface area contributed by atoms with Crippen molar-refractivity contribution in [2.24, 2.45) is 10.9 Å². The maximum absolute atomic E-state index is 12.1. The lowest BCUT2D eigenvalue weighted by molar-refractivity contribution is 0.00991. The third-order valence-electron chi connectivity index (χ3n) is 5.36. The van der Waals surface area contributed by atoms with Crippen molar-refractivity contribution in [3.8, 4) is 0 Å². The van der Waals surface area contributed by atoms with E-state index in [4.69, 9.17) is 9.47 Å². The minimum Gasteiger partial charge on any atom is -0.385 e. The van der Waals surface area contributed by atoms with Crippen LogP contribution in [0.5, 0.6) is 0 Å². The lowest BCUT2D eigenvalue weighted by Crippen LogP contribution is -2.47. The molecule has 2 N–H and O–H groups in total. The number of nitrogens with zero attached hydrogens (tertiary/aromatic N) is 2. The Morgan fingerprint density at radius 1 is 1.18 bits per heavy atom. The van der Waals surface area contributed by atoms with E-state index in [-0.39, 0.29) is 18.4 Å². The summed E-state index contributed by atoms with van der Waals surface area (Å²) >= 11 is 0. The van der Waals surface area contributed by atoms with E-state index in [0.717, 1.165) is 70.9 Å².